The van der Waals surface area contributed by atoms with Crippen molar-refractivity contribution in [2.45, 2.75) is 39.8 Å². The van der Waals surface area contributed by atoms with Crippen LogP contribution in [0.1, 0.15) is 29.4 Å². The smallest absolute Gasteiger partial charge is 0.244 e. The molecule has 6 nitrogen and oxygen atoms in total. The molecule has 1 aromatic heterocycles. The lowest BCUT2D eigenvalue weighted by atomic mass is 10.2. The number of benzene rings is 1. The van der Waals surface area contributed by atoms with Crippen molar-refractivity contribution in [3.05, 3.63) is 45.7 Å². The Morgan fingerprint density at radius 1 is 1.14 bits per heavy atom. The Balaban J connectivity index is 1.95. The van der Waals surface area contributed by atoms with Crippen molar-refractivity contribution in [2.75, 3.05) is 24.2 Å². The first-order valence-electron chi connectivity index (χ1n) is 8.99. The molecule has 0 aliphatic heterocycles. The van der Waals surface area contributed by atoms with Gasteiger partial charge in [0, 0.05) is 28.6 Å². The SMILES string of the molecule is CCN(CC(=O)Nc1cc(Cl)ccc1C)C(=O)CSc1nc(C)c(C)c(C)n1. The first kappa shape index (κ1) is 22.2. The van der Waals surface area contributed by atoms with E-state index in [0.29, 0.717) is 22.4 Å². The Morgan fingerprint density at radius 3 is 2.39 bits per heavy atom. The molecule has 1 aromatic carbocycles. The summed E-state index contributed by atoms with van der Waals surface area (Å²) in [4.78, 5) is 35.3. The molecule has 1 heterocycles. The molecule has 28 heavy (non-hydrogen) atoms. The molecule has 2 rings (SSSR count). The van der Waals surface area contributed by atoms with Crippen LogP contribution < -0.4 is 5.32 Å². The molecule has 2 aromatic rings. The standard InChI is InChI=1S/C20H25ClN4O2S/c1-6-25(10-18(26)24-17-9-16(21)8-7-12(17)2)19(27)11-28-20-22-14(4)13(3)15(5)23-20/h7-9H,6,10-11H2,1-5H3,(H,24,26). The molecule has 150 valence electrons. The van der Waals surface area contributed by atoms with Crippen LogP contribution in [0.3, 0.4) is 0 Å². The molecule has 0 saturated carbocycles. The molecule has 0 radical (unpaired) electrons. The molecule has 2 amide bonds. The van der Waals surface area contributed by atoms with Gasteiger partial charge in [-0.15, -0.1) is 0 Å². The van der Waals surface area contributed by atoms with Gasteiger partial charge >= 0.3 is 0 Å². The minimum Gasteiger partial charge on any atom is -0.333 e. The first-order valence-corrected chi connectivity index (χ1v) is 10.4. The molecule has 0 aliphatic rings. The largest absolute Gasteiger partial charge is 0.333 e. The third kappa shape index (κ3) is 5.94. The fraction of sp³-hybridized carbons (Fsp3) is 0.400. The van der Waals surface area contributed by atoms with E-state index in [4.69, 9.17) is 11.6 Å². The average molecular weight is 421 g/mol. The summed E-state index contributed by atoms with van der Waals surface area (Å²) >= 11 is 7.27. The van der Waals surface area contributed by atoms with Crippen LogP contribution in [0.15, 0.2) is 23.4 Å². The molecular formula is C20H25ClN4O2S. The number of hydrogen-bond acceptors (Lipinski definition) is 5. The van der Waals surface area contributed by atoms with Gasteiger partial charge in [-0.2, -0.15) is 0 Å². The number of hydrogen-bond donors (Lipinski definition) is 1. The van der Waals surface area contributed by atoms with Gasteiger partial charge in [-0.3, -0.25) is 9.59 Å². The number of carbonyl (C=O) groups excluding carboxylic acids is 2. The third-order valence-electron chi connectivity index (χ3n) is 4.48. The summed E-state index contributed by atoms with van der Waals surface area (Å²) in [6.45, 7) is 9.98. The molecule has 0 aliphatic carbocycles. The number of aryl methyl sites for hydroxylation is 3. The van der Waals surface area contributed by atoms with Crippen LogP contribution in [0.5, 0.6) is 0 Å². The summed E-state index contributed by atoms with van der Waals surface area (Å²) in [6.07, 6.45) is 0. The Morgan fingerprint density at radius 2 is 1.79 bits per heavy atom. The number of likely N-dealkylation sites (N-methyl/N-ethyl adjacent to an activating group) is 1. The lowest BCUT2D eigenvalue weighted by Crippen LogP contribution is -2.39. The Labute approximate surface area is 175 Å². The summed E-state index contributed by atoms with van der Waals surface area (Å²) in [5.41, 5.74) is 4.43. The van der Waals surface area contributed by atoms with Crippen molar-refractivity contribution in [1.29, 1.82) is 0 Å². The van der Waals surface area contributed by atoms with Crippen molar-refractivity contribution in [1.82, 2.24) is 14.9 Å². The highest BCUT2D eigenvalue weighted by Gasteiger charge is 2.17. The van der Waals surface area contributed by atoms with Gasteiger partial charge in [0.15, 0.2) is 5.16 Å². The van der Waals surface area contributed by atoms with Crippen LogP contribution in [0.4, 0.5) is 5.69 Å². The molecule has 0 atom stereocenters. The predicted octanol–water partition coefficient (Wildman–Crippen LogP) is 3.94. The van der Waals surface area contributed by atoms with E-state index in [1.807, 2.05) is 40.7 Å². The summed E-state index contributed by atoms with van der Waals surface area (Å²) in [6, 6.07) is 5.30. The lowest BCUT2D eigenvalue weighted by molar-refractivity contribution is -0.132. The summed E-state index contributed by atoms with van der Waals surface area (Å²) in [5, 5.41) is 3.94. The van der Waals surface area contributed by atoms with Crippen LogP contribution >= 0.6 is 23.4 Å². The molecule has 0 bridgehead atoms. The van der Waals surface area contributed by atoms with Crippen LogP contribution in [0, 0.1) is 27.7 Å². The second kappa shape index (κ2) is 9.89. The van der Waals surface area contributed by atoms with Gasteiger partial charge in [0.1, 0.15) is 0 Å². The van der Waals surface area contributed by atoms with E-state index in [1.165, 1.54) is 16.7 Å². The van der Waals surface area contributed by atoms with Crippen LogP contribution in [-0.4, -0.2) is 45.5 Å². The molecule has 0 unspecified atom stereocenters. The van der Waals surface area contributed by atoms with E-state index in [2.05, 4.69) is 15.3 Å². The highest BCUT2D eigenvalue weighted by Crippen LogP contribution is 2.20. The minimum absolute atomic E-state index is 0.0192. The lowest BCUT2D eigenvalue weighted by Gasteiger charge is -2.20. The number of thioether (sulfide) groups is 1. The van der Waals surface area contributed by atoms with Crippen molar-refractivity contribution in [3.8, 4) is 0 Å². The Bertz CT molecular complexity index is 865. The Kier molecular flexibility index (Phi) is 7.83. The summed E-state index contributed by atoms with van der Waals surface area (Å²) in [5.74, 6) is -0.215. The zero-order chi connectivity index (χ0) is 20.8. The molecule has 0 saturated heterocycles. The minimum atomic E-state index is -0.260. The van der Waals surface area contributed by atoms with Crippen molar-refractivity contribution in [2.24, 2.45) is 0 Å². The number of carbonyl (C=O) groups is 2. The van der Waals surface area contributed by atoms with Crippen LogP contribution in [-0.2, 0) is 9.59 Å². The van der Waals surface area contributed by atoms with Gasteiger partial charge in [-0.25, -0.2) is 9.97 Å². The fourth-order valence-corrected chi connectivity index (χ4v) is 3.50. The first-order chi connectivity index (χ1) is 13.2. The average Bonchev–Trinajstić information content (AvgIpc) is 2.65. The van der Waals surface area contributed by atoms with Gasteiger partial charge in [-0.1, -0.05) is 29.4 Å². The molecule has 8 heteroatoms. The molecule has 0 fully saturated rings. The zero-order valence-electron chi connectivity index (χ0n) is 16.8. The predicted molar refractivity (Wildman–Crippen MR) is 114 cm³/mol. The molecular weight excluding hydrogens is 396 g/mol. The topological polar surface area (TPSA) is 75.2 Å². The van der Waals surface area contributed by atoms with Crippen molar-refractivity contribution < 1.29 is 9.59 Å². The number of rotatable bonds is 7. The highest BCUT2D eigenvalue weighted by molar-refractivity contribution is 7.99. The monoisotopic (exact) mass is 420 g/mol. The maximum absolute atomic E-state index is 12.5. The number of anilines is 1. The number of nitrogens with zero attached hydrogens (tertiary/aromatic N) is 3. The maximum Gasteiger partial charge on any atom is 0.244 e. The van der Waals surface area contributed by atoms with Gasteiger partial charge in [0.05, 0.1) is 12.3 Å². The number of nitrogens with one attached hydrogen (secondary N) is 1. The van der Waals surface area contributed by atoms with E-state index < -0.39 is 0 Å². The van der Waals surface area contributed by atoms with E-state index in [-0.39, 0.29) is 24.1 Å². The van der Waals surface area contributed by atoms with Gasteiger partial charge in [-0.05, 0) is 57.9 Å². The van der Waals surface area contributed by atoms with E-state index in [9.17, 15) is 9.59 Å². The summed E-state index contributed by atoms with van der Waals surface area (Å²) < 4.78 is 0. The third-order valence-corrected chi connectivity index (χ3v) is 5.55. The zero-order valence-corrected chi connectivity index (χ0v) is 18.4. The normalized spacial score (nSPS) is 10.6. The van der Waals surface area contributed by atoms with Gasteiger partial charge in [0.25, 0.3) is 0 Å². The van der Waals surface area contributed by atoms with Gasteiger partial charge < -0.3 is 10.2 Å². The maximum atomic E-state index is 12.5. The van der Waals surface area contributed by atoms with Crippen molar-refractivity contribution >= 4 is 40.9 Å². The van der Waals surface area contributed by atoms with Crippen LogP contribution in [0.2, 0.25) is 5.02 Å². The highest BCUT2D eigenvalue weighted by atomic mass is 35.5. The van der Waals surface area contributed by atoms with E-state index >= 15 is 0 Å². The second-order valence-electron chi connectivity index (χ2n) is 6.51. The quantitative estimate of drug-likeness (QED) is 0.542. The molecule has 0 spiro atoms. The number of amides is 2. The number of aromatic nitrogens is 2. The van der Waals surface area contributed by atoms with Crippen molar-refractivity contribution in [3.63, 3.8) is 0 Å². The van der Waals surface area contributed by atoms with Crippen LogP contribution in [0.25, 0.3) is 0 Å². The summed E-state index contributed by atoms with van der Waals surface area (Å²) in [7, 11) is 0. The Hall–Kier alpha value is -2.12. The second-order valence-corrected chi connectivity index (χ2v) is 7.88. The number of halogens is 1. The van der Waals surface area contributed by atoms with E-state index in [1.54, 1.807) is 12.1 Å². The molecule has 1 N–H and O–H groups in total. The van der Waals surface area contributed by atoms with E-state index in [0.717, 1.165) is 22.5 Å². The fourth-order valence-electron chi connectivity index (χ4n) is 2.49. The van der Waals surface area contributed by atoms with Gasteiger partial charge in [0.2, 0.25) is 11.8 Å².